The van der Waals surface area contributed by atoms with Gasteiger partial charge in [0.2, 0.25) is 5.91 Å². The highest BCUT2D eigenvalue weighted by molar-refractivity contribution is 9.10. The maximum Gasteiger partial charge on any atom is 0.328 e. The van der Waals surface area contributed by atoms with E-state index in [0.29, 0.717) is 0 Å². The molecule has 0 bridgehead atoms. The number of halogens is 1. The maximum atomic E-state index is 11.8. The Bertz CT molecular complexity index is 548. The largest absolute Gasteiger partial charge is 0.480 e. The van der Waals surface area contributed by atoms with Crippen molar-refractivity contribution in [2.24, 2.45) is 0 Å². The summed E-state index contributed by atoms with van der Waals surface area (Å²) in [4.78, 5) is 23.7. The monoisotopic (exact) mass is 375 g/mol. The number of thioether (sulfide) groups is 1. The zero-order chi connectivity index (χ0) is 16.2. The van der Waals surface area contributed by atoms with E-state index in [1.807, 2.05) is 26.0 Å². The van der Waals surface area contributed by atoms with Crippen LogP contribution >= 0.6 is 27.7 Å². The van der Waals surface area contributed by atoms with E-state index in [-0.39, 0.29) is 5.75 Å². The number of carbonyl (C=O) groups is 2. The zero-order valence-electron chi connectivity index (χ0n) is 12.0. The lowest BCUT2D eigenvalue weighted by atomic mass is 10.2. The van der Waals surface area contributed by atoms with E-state index in [2.05, 4.69) is 21.2 Å². The van der Waals surface area contributed by atoms with E-state index in [0.717, 1.165) is 20.5 Å². The molecule has 0 aliphatic carbocycles. The minimum absolute atomic E-state index is 0.0956. The third-order valence-electron chi connectivity index (χ3n) is 2.88. The van der Waals surface area contributed by atoms with E-state index in [1.165, 1.54) is 18.7 Å². The van der Waals surface area contributed by atoms with Gasteiger partial charge in [-0.25, -0.2) is 4.79 Å². The lowest BCUT2D eigenvalue weighted by Crippen LogP contribution is -2.48. The lowest BCUT2D eigenvalue weighted by molar-refractivity contribution is -0.144. The molecule has 1 amide bonds. The van der Waals surface area contributed by atoms with Gasteiger partial charge in [0.05, 0.1) is 11.9 Å². The highest BCUT2D eigenvalue weighted by Crippen LogP contribution is 2.28. The summed E-state index contributed by atoms with van der Waals surface area (Å²) < 4.78 is 1.01. The molecule has 5 nitrogen and oxygen atoms in total. The molecular formula is C14H18BrNO4S. The number of nitrogens with one attached hydrogen (secondary N) is 1. The van der Waals surface area contributed by atoms with Crippen LogP contribution in [0.25, 0.3) is 0 Å². The Hall–Kier alpha value is -1.05. The van der Waals surface area contributed by atoms with Crippen LogP contribution in [-0.2, 0) is 9.59 Å². The molecule has 7 heteroatoms. The molecule has 0 aliphatic rings. The van der Waals surface area contributed by atoms with Crippen LogP contribution < -0.4 is 5.32 Å². The van der Waals surface area contributed by atoms with E-state index in [1.54, 1.807) is 0 Å². The molecule has 1 aromatic rings. The number of hydrogen-bond donors (Lipinski definition) is 3. The zero-order valence-corrected chi connectivity index (χ0v) is 14.4. The average molecular weight is 376 g/mol. The minimum atomic E-state index is -1.29. The Balaban J connectivity index is 2.65. The molecule has 0 aliphatic heterocycles. The van der Waals surface area contributed by atoms with Crippen LogP contribution in [0, 0.1) is 13.8 Å². The van der Waals surface area contributed by atoms with Gasteiger partial charge in [-0.1, -0.05) is 15.9 Å². The van der Waals surface area contributed by atoms with Gasteiger partial charge in [-0.2, -0.15) is 0 Å². The summed E-state index contributed by atoms with van der Waals surface area (Å²) in [6.45, 7) is 5.23. The minimum Gasteiger partial charge on any atom is -0.480 e. The van der Waals surface area contributed by atoms with Gasteiger partial charge in [-0.15, -0.1) is 11.8 Å². The van der Waals surface area contributed by atoms with Crippen LogP contribution in [0.4, 0.5) is 0 Å². The van der Waals surface area contributed by atoms with Crippen LogP contribution in [0.15, 0.2) is 21.5 Å². The van der Waals surface area contributed by atoms with Crippen LogP contribution in [0.5, 0.6) is 0 Å². The van der Waals surface area contributed by atoms with E-state index >= 15 is 0 Å². The van der Waals surface area contributed by atoms with Crippen LogP contribution in [0.1, 0.15) is 18.1 Å². The summed E-state index contributed by atoms with van der Waals surface area (Å²) in [6, 6.07) is 2.66. The van der Waals surface area contributed by atoms with Crippen molar-refractivity contribution in [3.8, 4) is 0 Å². The summed E-state index contributed by atoms with van der Waals surface area (Å²) in [6.07, 6.45) is -1.15. The van der Waals surface area contributed by atoms with Gasteiger partial charge < -0.3 is 15.5 Å². The smallest absolute Gasteiger partial charge is 0.328 e. The Morgan fingerprint density at radius 3 is 2.48 bits per heavy atom. The van der Waals surface area contributed by atoms with Crippen molar-refractivity contribution in [1.82, 2.24) is 5.32 Å². The number of aliphatic hydroxyl groups excluding tert-OH is 1. The predicted molar refractivity (Wildman–Crippen MR) is 85.6 cm³/mol. The lowest BCUT2D eigenvalue weighted by Gasteiger charge is -2.17. The Kier molecular flexibility index (Phi) is 6.70. The molecule has 0 saturated carbocycles. The molecule has 3 N–H and O–H groups in total. The van der Waals surface area contributed by atoms with Crippen molar-refractivity contribution in [3.05, 3.63) is 27.7 Å². The number of hydrogen-bond acceptors (Lipinski definition) is 4. The number of aryl methyl sites for hydroxylation is 2. The maximum absolute atomic E-state index is 11.8. The van der Waals surface area contributed by atoms with Crippen molar-refractivity contribution in [3.63, 3.8) is 0 Å². The summed E-state index contributed by atoms with van der Waals surface area (Å²) in [5.41, 5.74) is 2.10. The molecule has 2 atom stereocenters. The van der Waals surface area contributed by atoms with Crippen molar-refractivity contribution >= 4 is 39.6 Å². The normalized spacial score (nSPS) is 13.6. The first-order chi connectivity index (χ1) is 9.72. The highest BCUT2D eigenvalue weighted by atomic mass is 79.9. The number of aliphatic hydroxyl groups is 1. The number of amides is 1. The first-order valence-electron chi connectivity index (χ1n) is 6.32. The molecule has 0 saturated heterocycles. The number of benzene rings is 1. The first kappa shape index (κ1) is 18.0. The van der Waals surface area contributed by atoms with Crippen molar-refractivity contribution in [2.75, 3.05) is 5.75 Å². The van der Waals surface area contributed by atoms with Crippen molar-refractivity contribution in [1.29, 1.82) is 0 Å². The highest BCUT2D eigenvalue weighted by Gasteiger charge is 2.24. The van der Waals surface area contributed by atoms with Crippen LogP contribution in [-0.4, -0.2) is 40.0 Å². The molecule has 0 unspecified atom stereocenters. The fraction of sp³-hybridized carbons (Fsp3) is 0.429. The molecule has 0 aromatic heterocycles. The number of carboxylic acid groups (broad SMARTS) is 1. The van der Waals surface area contributed by atoms with Gasteiger partial charge in [0.1, 0.15) is 0 Å². The van der Waals surface area contributed by atoms with Gasteiger partial charge in [-0.05, 0) is 44.0 Å². The second-order valence-corrected chi connectivity index (χ2v) is 6.65. The van der Waals surface area contributed by atoms with Crippen molar-refractivity contribution < 1.29 is 19.8 Å². The van der Waals surface area contributed by atoms with E-state index in [9.17, 15) is 14.7 Å². The Labute approximate surface area is 136 Å². The summed E-state index contributed by atoms with van der Waals surface area (Å²) in [7, 11) is 0. The number of aliphatic carboxylic acids is 1. The van der Waals surface area contributed by atoms with Gasteiger partial charge >= 0.3 is 5.97 Å². The van der Waals surface area contributed by atoms with E-state index < -0.39 is 24.0 Å². The Morgan fingerprint density at radius 2 is 1.95 bits per heavy atom. The second kappa shape index (κ2) is 7.82. The van der Waals surface area contributed by atoms with Gasteiger partial charge in [0.25, 0.3) is 0 Å². The predicted octanol–water partition coefficient (Wildman–Crippen LogP) is 2.11. The molecule has 1 aromatic carbocycles. The molecule has 0 radical (unpaired) electrons. The fourth-order valence-electron chi connectivity index (χ4n) is 1.66. The molecule has 0 heterocycles. The summed E-state index contributed by atoms with van der Waals surface area (Å²) in [5, 5.41) is 20.5. The third kappa shape index (κ3) is 5.33. The molecule has 0 fully saturated rings. The molecular weight excluding hydrogens is 358 g/mol. The summed E-state index contributed by atoms with van der Waals surface area (Å²) >= 11 is 4.78. The number of carbonyl (C=O) groups excluding carboxylic acids is 1. The quantitative estimate of drug-likeness (QED) is 0.662. The van der Waals surface area contributed by atoms with Gasteiger partial charge in [-0.3, -0.25) is 4.79 Å². The second-order valence-electron chi connectivity index (χ2n) is 4.78. The topological polar surface area (TPSA) is 86.6 Å². The summed E-state index contributed by atoms with van der Waals surface area (Å²) in [5.74, 6) is -1.58. The van der Waals surface area contributed by atoms with E-state index in [4.69, 9.17) is 5.11 Å². The number of carboxylic acids is 1. The molecule has 21 heavy (non-hydrogen) atoms. The van der Waals surface area contributed by atoms with Crippen LogP contribution in [0.2, 0.25) is 0 Å². The third-order valence-corrected chi connectivity index (χ3v) is 4.89. The average Bonchev–Trinajstić information content (AvgIpc) is 2.37. The van der Waals surface area contributed by atoms with Crippen LogP contribution in [0.3, 0.4) is 0 Å². The van der Waals surface area contributed by atoms with Gasteiger partial charge in [0, 0.05) is 9.37 Å². The standard InChI is InChI=1S/C14H18BrNO4S/c1-7-5-11(8(2)4-10(7)15)21-6-12(18)16-13(9(3)17)14(19)20/h4-5,9,13,17H,6H2,1-3H3,(H,16,18)(H,19,20)/t9-,13+/m1/s1. The SMILES string of the molecule is Cc1cc(SCC(=O)N[C@H](C(=O)O)[C@@H](C)O)c(C)cc1Br. The first-order valence-corrected chi connectivity index (χ1v) is 8.10. The fourth-order valence-corrected chi connectivity index (χ4v) is 3.03. The Morgan fingerprint density at radius 1 is 1.33 bits per heavy atom. The van der Waals surface area contributed by atoms with Crippen molar-refractivity contribution in [2.45, 2.75) is 37.8 Å². The molecule has 1 rings (SSSR count). The number of rotatable bonds is 6. The van der Waals surface area contributed by atoms with Gasteiger partial charge in [0.15, 0.2) is 6.04 Å². The molecule has 116 valence electrons. The molecule has 0 spiro atoms.